The summed E-state index contributed by atoms with van der Waals surface area (Å²) >= 11 is 11.6. The van der Waals surface area contributed by atoms with Gasteiger partial charge in [0.2, 0.25) is 0 Å². The second-order valence-electron chi connectivity index (χ2n) is 3.65. The van der Waals surface area contributed by atoms with Gasteiger partial charge in [-0.05, 0) is 29.8 Å². The van der Waals surface area contributed by atoms with E-state index in [9.17, 15) is 13.2 Å². The molecule has 0 aliphatic rings. The minimum absolute atomic E-state index is 0.0857. The van der Waals surface area contributed by atoms with E-state index in [4.69, 9.17) is 23.2 Å². The summed E-state index contributed by atoms with van der Waals surface area (Å²) in [5, 5.41) is 0.643. The van der Waals surface area contributed by atoms with Gasteiger partial charge in [0.15, 0.2) is 11.6 Å². The molecule has 0 aliphatic heterocycles. The van der Waals surface area contributed by atoms with Gasteiger partial charge in [-0.1, -0.05) is 35.3 Å². The summed E-state index contributed by atoms with van der Waals surface area (Å²) in [6, 6.07) is 8.41. The molecule has 2 aromatic carbocycles. The molecule has 0 fully saturated rings. The third-order valence-electron chi connectivity index (χ3n) is 2.35. The highest BCUT2D eigenvalue weighted by molar-refractivity contribution is 6.35. The average Bonchev–Trinajstić information content (AvgIpc) is 2.30. The molecular weight excluding hydrogens is 300 g/mol. The van der Waals surface area contributed by atoms with Crippen molar-refractivity contribution in [3.05, 3.63) is 52.3 Å². The molecule has 2 rings (SSSR count). The molecule has 0 aromatic heterocycles. The monoisotopic (exact) mass is 306 g/mol. The molecule has 100 valence electrons. The van der Waals surface area contributed by atoms with Gasteiger partial charge in [-0.15, -0.1) is 0 Å². The lowest BCUT2D eigenvalue weighted by Crippen LogP contribution is -2.04. The first-order chi connectivity index (χ1) is 8.97. The van der Waals surface area contributed by atoms with E-state index in [1.165, 1.54) is 30.3 Å². The van der Waals surface area contributed by atoms with Gasteiger partial charge >= 0.3 is 6.61 Å². The average molecular weight is 307 g/mol. The van der Waals surface area contributed by atoms with Gasteiger partial charge in [0.25, 0.3) is 0 Å². The van der Waals surface area contributed by atoms with Crippen LogP contribution in [-0.4, -0.2) is 6.61 Å². The van der Waals surface area contributed by atoms with Crippen molar-refractivity contribution in [1.82, 2.24) is 0 Å². The van der Waals surface area contributed by atoms with Crippen LogP contribution in [0, 0.1) is 5.82 Å². The molecule has 0 atom stereocenters. The van der Waals surface area contributed by atoms with Crippen molar-refractivity contribution in [3.8, 4) is 16.9 Å². The van der Waals surface area contributed by atoms with E-state index in [1.807, 2.05) is 0 Å². The molecule has 19 heavy (non-hydrogen) atoms. The number of rotatable bonds is 3. The van der Waals surface area contributed by atoms with Gasteiger partial charge in [-0.2, -0.15) is 8.78 Å². The third kappa shape index (κ3) is 3.33. The van der Waals surface area contributed by atoms with Crippen molar-refractivity contribution >= 4 is 23.2 Å². The van der Waals surface area contributed by atoms with Crippen LogP contribution in [0.5, 0.6) is 5.75 Å². The molecule has 0 bridgehead atoms. The number of alkyl halides is 2. The summed E-state index contributed by atoms with van der Waals surface area (Å²) in [5.74, 6) is -1.41. The maximum absolute atomic E-state index is 14.0. The van der Waals surface area contributed by atoms with E-state index in [2.05, 4.69) is 4.74 Å². The van der Waals surface area contributed by atoms with E-state index in [-0.39, 0.29) is 5.56 Å². The zero-order valence-electron chi connectivity index (χ0n) is 9.34. The van der Waals surface area contributed by atoms with Gasteiger partial charge in [-0.3, -0.25) is 0 Å². The standard InChI is InChI=1S/C13H7Cl2F3O/c14-8-4-7(5-9(15)6-8)10-2-1-3-11(12(10)16)19-13(17)18/h1-6,13H. The first-order valence-corrected chi connectivity index (χ1v) is 5.93. The van der Waals surface area contributed by atoms with Crippen LogP contribution in [0.3, 0.4) is 0 Å². The Balaban J connectivity index is 2.50. The molecule has 6 heteroatoms. The Labute approximate surface area is 117 Å². The van der Waals surface area contributed by atoms with Crippen LogP contribution in [0.4, 0.5) is 13.2 Å². The molecule has 1 nitrogen and oxygen atoms in total. The van der Waals surface area contributed by atoms with E-state index >= 15 is 0 Å². The molecule has 2 aromatic rings. The zero-order valence-corrected chi connectivity index (χ0v) is 10.9. The Morgan fingerprint density at radius 1 is 1.00 bits per heavy atom. The number of halogens is 5. The maximum atomic E-state index is 14.0. The maximum Gasteiger partial charge on any atom is 0.387 e. The van der Waals surface area contributed by atoms with Crippen LogP contribution in [0.1, 0.15) is 0 Å². The van der Waals surface area contributed by atoms with Gasteiger partial charge < -0.3 is 4.74 Å². The van der Waals surface area contributed by atoms with E-state index < -0.39 is 18.2 Å². The van der Waals surface area contributed by atoms with Crippen molar-refractivity contribution in [1.29, 1.82) is 0 Å². The van der Waals surface area contributed by atoms with Crippen molar-refractivity contribution in [2.45, 2.75) is 6.61 Å². The molecule has 0 saturated heterocycles. The summed E-state index contributed by atoms with van der Waals surface area (Å²) in [5.41, 5.74) is 0.470. The van der Waals surface area contributed by atoms with Crippen molar-refractivity contribution in [3.63, 3.8) is 0 Å². The Bertz CT molecular complexity index is 582. The topological polar surface area (TPSA) is 9.23 Å². The lowest BCUT2D eigenvalue weighted by atomic mass is 10.0. The van der Waals surface area contributed by atoms with Crippen LogP contribution in [-0.2, 0) is 0 Å². The minimum Gasteiger partial charge on any atom is -0.432 e. The van der Waals surface area contributed by atoms with Crippen molar-refractivity contribution in [2.75, 3.05) is 0 Å². The SMILES string of the molecule is Fc1c(OC(F)F)cccc1-c1cc(Cl)cc(Cl)c1. The Morgan fingerprint density at radius 2 is 1.63 bits per heavy atom. The highest BCUT2D eigenvalue weighted by atomic mass is 35.5. The van der Waals surface area contributed by atoms with Crippen molar-refractivity contribution < 1.29 is 17.9 Å². The van der Waals surface area contributed by atoms with Crippen LogP contribution in [0.25, 0.3) is 11.1 Å². The fourth-order valence-corrected chi connectivity index (χ4v) is 2.16. The zero-order chi connectivity index (χ0) is 14.0. The van der Waals surface area contributed by atoms with E-state index in [0.717, 1.165) is 6.07 Å². The lowest BCUT2D eigenvalue weighted by molar-refractivity contribution is -0.0521. The highest BCUT2D eigenvalue weighted by Gasteiger charge is 2.15. The Kier molecular flexibility index (Phi) is 4.22. The van der Waals surface area contributed by atoms with E-state index in [0.29, 0.717) is 15.6 Å². The molecule has 0 N–H and O–H groups in total. The van der Waals surface area contributed by atoms with E-state index in [1.54, 1.807) is 0 Å². The molecule has 0 heterocycles. The minimum atomic E-state index is -3.09. The van der Waals surface area contributed by atoms with Gasteiger partial charge in [0.1, 0.15) is 0 Å². The predicted molar refractivity (Wildman–Crippen MR) is 68.5 cm³/mol. The normalized spacial score (nSPS) is 10.8. The summed E-state index contributed by atoms with van der Waals surface area (Å²) in [6.07, 6.45) is 0. The van der Waals surface area contributed by atoms with Crippen LogP contribution in [0.2, 0.25) is 10.0 Å². The fraction of sp³-hybridized carbons (Fsp3) is 0.0769. The first-order valence-electron chi connectivity index (χ1n) is 5.17. The van der Waals surface area contributed by atoms with Gasteiger partial charge in [-0.25, -0.2) is 4.39 Å². The van der Waals surface area contributed by atoms with Crippen LogP contribution < -0.4 is 4.74 Å². The third-order valence-corrected chi connectivity index (χ3v) is 2.79. The number of hydrogen-bond acceptors (Lipinski definition) is 1. The molecule has 0 radical (unpaired) electrons. The van der Waals surface area contributed by atoms with Gasteiger partial charge in [0, 0.05) is 15.6 Å². The molecule has 0 unspecified atom stereocenters. The number of benzene rings is 2. The van der Waals surface area contributed by atoms with Crippen LogP contribution in [0.15, 0.2) is 36.4 Å². The Morgan fingerprint density at radius 3 is 2.21 bits per heavy atom. The predicted octanol–water partition coefficient (Wildman–Crippen LogP) is 5.40. The molecule has 0 spiro atoms. The molecular formula is C13H7Cl2F3O. The summed E-state index contributed by atoms with van der Waals surface area (Å²) < 4.78 is 42.4. The Hall–Kier alpha value is -1.39. The first kappa shape index (κ1) is 14.0. The largest absolute Gasteiger partial charge is 0.432 e. The summed E-state index contributed by atoms with van der Waals surface area (Å²) in [7, 11) is 0. The fourth-order valence-electron chi connectivity index (χ4n) is 1.63. The summed E-state index contributed by atoms with van der Waals surface area (Å²) in [4.78, 5) is 0. The smallest absolute Gasteiger partial charge is 0.387 e. The van der Waals surface area contributed by atoms with Gasteiger partial charge in [0.05, 0.1) is 0 Å². The second-order valence-corrected chi connectivity index (χ2v) is 4.53. The quantitative estimate of drug-likeness (QED) is 0.737. The molecule has 0 aliphatic carbocycles. The number of ether oxygens (including phenoxy) is 1. The molecule has 0 amide bonds. The van der Waals surface area contributed by atoms with Crippen LogP contribution >= 0.6 is 23.2 Å². The number of hydrogen-bond donors (Lipinski definition) is 0. The van der Waals surface area contributed by atoms with Crippen molar-refractivity contribution in [2.24, 2.45) is 0 Å². The lowest BCUT2D eigenvalue weighted by Gasteiger charge is -2.10. The highest BCUT2D eigenvalue weighted by Crippen LogP contribution is 2.33. The second kappa shape index (κ2) is 5.72. The summed E-state index contributed by atoms with van der Waals surface area (Å²) in [6.45, 7) is -3.09. The molecule has 0 saturated carbocycles.